The van der Waals surface area contributed by atoms with Gasteiger partial charge in [0.15, 0.2) is 0 Å². The largest absolute Gasteiger partial charge is 0.373 e. The fourth-order valence-electron chi connectivity index (χ4n) is 3.23. The van der Waals surface area contributed by atoms with Crippen molar-refractivity contribution in [2.45, 2.75) is 57.8 Å². The molecule has 2 fully saturated rings. The quantitative estimate of drug-likeness (QED) is 0.822. The second kappa shape index (κ2) is 4.10. The predicted octanol–water partition coefficient (Wildman–Crippen LogP) is 2.47. The average Bonchev–Trinajstić information content (AvgIpc) is 3.03. The van der Waals surface area contributed by atoms with Crippen molar-refractivity contribution >= 4 is 0 Å². The molecule has 3 atom stereocenters. The van der Waals surface area contributed by atoms with Crippen molar-refractivity contribution in [1.82, 2.24) is 9.78 Å². The van der Waals surface area contributed by atoms with Gasteiger partial charge < -0.3 is 4.74 Å². The van der Waals surface area contributed by atoms with Crippen LogP contribution in [0.1, 0.15) is 44.8 Å². The van der Waals surface area contributed by atoms with Crippen LogP contribution in [0.2, 0.25) is 0 Å². The number of hydrogen-bond acceptors (Lipinski definition) is 3. The van der Waals surface area contributed by atoms with E-state index in [1.165, 1.54) is 0 Å². The first-order chi connectivity index (χ1) is 8.63. The molecule has 2 aliphatic heterocycles. The summed E-state index contributed by atoms with van der Waals surface area (Å²) < 4.78 is 7.80. The Bertz CT molecular complexity index is 487. The molecular formula is C14H19N3O. The maximum absolute atomic E-state index is 9.55. The second-order valence-corrected chi connectivity index (χ2v) is 5.85. The van der Waals surface area contributed by atoms with Crippen LogP contribution < -0.4 is 0 Å². The third kappa shape index (κ3) is 1.74. The summed E-state index contributed by atoms with van der Waals surface area (Å²) in [4.78, 5) is 0. The highest BCUT2D eigenvalue weighted by Gasteiger charge is 2.53. The summed E-state index contributed by atoms with van der Waals surface area (Å²) in [6, 6.07) is 4.92. The third-order valence-electron chi connectivity index (χ3n) is 4.23. The maximum atomic E-state index is 9.55. The molecule has 3 unspecified atom stereocenters. The molecule has 0 aromatic carbocycles. The molecule has 96 valence electrons. The normalized spacial score (nSPS) is 34.1. The van der Waals surface area contributed by atoms with E-state index in [1.807, 2.05) is 16.9 Å². The van der Waals surface area contributed by atoms with Crippen LogP contribution in [0.5, 0.6) is 0 Å². The van der Waals surface area contributed by atoms with E-state index in [2.05, 4.69) is 25.0 Å². The summed E-state index contributed by atoms with van der Waals surface area (Å²) in [5.74, 6) is 0. The van der Waals surface area contributed by atoms with Crippen LogP contribution in [0.4, 0.5) is 0 Å². The Morgan fingerprint density at radius 1 is 1.61 bits per heavy atom. The number of nitrogens with zero attached hydrogens (tertiary/aromatic N) is 3. The summed E-state index contributed by atoms with van der Waals surface area (Å²) in [5.41, 5.74) is 0.681. The molecule has 4 heteroatoms. The van der Waals surface area contributed by atoms with Gasteiger partial charge in [-0.2, -0.15) is 10.4 Å². The van der Waals surface area contributed by atoms with Gasteiger partial charge in [0.2, 0.25) is 0 Å². The van der Waals surface area contributed by atoms with E-state index in [0.717, 1.165) is 31.4 Å². The number of fused-ring (bicyclic) bond motifs is 2. The van der Waals surface area contributed by atoms with Gasteiger partial charge in [-0.15, -0.1) is 0 Å². The van der Waals surface area contributed by atoms with Gasteiger partial charge in [0.05, 0.1) is 29.4 Å². The van der Waals surface area contributed by atoms with E-state index in [-0.39, 0.29) is 11.5 Å². The van der Waals surface area contributed by atoms with Crippen molar-refractivity contribution in [3.8, 4) is 6.07 Å². The fraction of sp³-hybridized carbons (Fsp3) is 0.714. The molecule has 0 N–H and O–H groups in total. The Kier molecular flexibility index (Phi) is 2.67. The van der Waals surface area contributed by atoms with Crippen molar-refractivity contribution in [3.63, 3.8) is 0 Å². The minimum absolute atomic E-state index is 0.122. The molecule has 1 aromatic heterocycles. The number of aromatic nitrogens is 2. The Balaban J connectivity index is 1.80. The molecule has 4 nitrogen and oxygen atoms in total. The summed E-state index contributed by atoms with van der Waals surface area (Å²) in [6.07, 6.45) is 6.18. The topological polar surface area (TPSA) is 50.8 Å². The number of hydrogen-bond donors (Lipinski definition) is 0. The van der Waals surface area contributed by atoms with Gasteiger partial charge in [-0.3, -0.25) is 4.68 Å². The van der Waals surface area contributed by atoms with E-state index in [9.17, 15) is 5.26 Å². The Morgan fingerprint density at radius 2 is 2.44 bits per heavy atom. The van der Waals surface area contributed by atoms with Crippen LogP contribution in [-0.2, 0) is 11.2 Å². The zero-order valence-electron chi connectivity index (χ0n) is 11.0. The number of nitriles is 1. The van der Waals surface area contributed by atoms with Gasteiger partial charge in [-0.05, 0) is 39.2 Å². The van der Waals surface area contributed by atoms with Crippen LogP contribution >= 0.6 is 0 Å². The first-order valence-corrected chi connectivity index (χ1v) is 6.74. The fourth-order valence-corrected chi connectivity index (χ4v) is 3.23. The Hall–Kier alpha value is -1.34. The Morgan fingerprint density at radius 3 is 2.94 bits per heavy atom. The monoisotopic (exact) mass is 245 g/mol. The van der Waals surface area contributed by atoms with Crippen molar-refractivity contribution in [3.05, 3.63) is 18.0 Å². The van der Waals surface area contributed by atoms with Crippen LogP contribution in [-0.4, -0.2) is 22.0 Å². The molecule has 3 rings (SSSR count). The first-order valence-electron chi connectivity index (χ1n) is 6.74. The average molecular weight is 245 g/mol. The molecule has 1 aromatic rings. The van der Waals surface area contributed by atoms with Crippen molar-refractivity contribution in [1.29, 1.82) is 5.26 Å². The van der Waals surface area contributed by atoms with Gasteiger partial charge >= 0.3 is 0 Å². The van der Waals surface area contributed by atoms with Gasteiger partial charge in [0.25, 0.3) is 0 Å². The highest BCUT2D eigenvalue weighted by molar-refractivity contribution is 5.18. The molecule has 3 heterocycles. The van der Waals surface area contributed by atoms with E-state index in [1.54, 1.807) is 0 Å². The predicted molar refractivity (Wildman–Crippen MR) is 66.9 cm³/mol. The summed E-state index contributed by atoms with van der Waals surface area (Å²) in [6.45, 7) is 4.22. The molecule has 18 heavy (non-hydrogen) atoms. The molecule has 0 aliphatic carbocycles. The highest BCUT2D eigenvalue weighted by Crippen LogP contribution is 2.49. The SMILES string of the molecule is CC(C)n1ccc(CC2(C#N)CC3CCC2O3)n1. The minimum atomic E-state index is -0.334. The van der Waals surface area contributed by atoms with E-state index in [4.69, 9.17) is 4.74 Å². The molecule has 0 radical (unpaired) electrons. The van der Waals surface area contributed by atoms with E-state index in [0.29, 0.717) is 12.1 Å². The van der Waals surface area contributed by atoms with Crippen LogP contribution in [0, 0.1) is 16.7 Å². The van der Waals surface area contributed by atoms with Gasteiger partial charge in [-0.1, -0.05) is 0 Å². The van der Waals surface area contributed by atoms with Crippen molar-refractivity contribution in [2.24, 2.45) is 5.41 Å². The van der Waals surface area contributed by atoms with Gasteiger partial charge in [0, 0.05) is 18.7 Å². The zero-order valence-corrected chi connectivity index (χ0v) is 11.0. The Labute approximate surface area is 108 Å². The zero-order chi connectivity index (χ0) is 12.8. The van der Waals surface area contributed by atoms with E-state index < -0.39 is 0 Å². The lowest BCUT2D eigenvalue weighted by Gasteiger charge is -2.27. The summed E-state index contributed by atoms with van der Waals surface area (Å²) >= 11 is 0. The first kappa shape index (κ1) is 11.7. The molecule has 2 aliphatic rings. The maximum Gasteiger partial charge on any atom is 0.0915 e. The van der Waals surface area contributed by atoms with Crippen LogP contribution in [0.15, 0.2) is 12.3 Å². The molecule has 0 amide bonds. The highest BCUT2D eigenvalue weighted by atomic mass is 16.5. The van der Waals surface area contributed by atoms with Crippen LogP contribution in [0.3, 0.4) is 0 Å². The second-order valence-electron chi connectivity index (χ2n) is 5.85. The molecule has 2 bridgehead atoms. The lowest BCUT2D eigenvalue weighted by atomic mass is 9.72. The summed E-state index contributed by atoms with van der Waals surface area (Å²) in [7, 11) is 0. The van der Waals surface area contributed by atoms with E-state index >= 15 is 0 Å². The standard InChI is InChI=1S/C14H19N3O/c1-10(2)17-6-5-11(16-17)7-14(9-15)8-12-3-4-13(14)18-12/h5-6,10,12-13H,3-4,7-8H2,1-2H3. The van der Waals surface area contributed by atoms with Gasteiger partial charge in [0.1, 0.15) is 0 Å². The lowest BCUT2D eigenvalue weighted by molar-refractivity contribution is 0.0784. The van der Waals surface area contributed by atoms with Crippen LogP contribution in [0.25, 0.3) is 0 Å². The van der Waals surface area contributed by atoms with Crippen molar-refractivity contribution < 1.29 is 4.74 Å². The molecular weight excluding hydrogens is 226 g/mol. The summed E-state index contributed by atoms with van der Waals surface area (Å²) in [5, 5.41) is 14.1. The minimum Gasteiger partial charge on any atom is -0.373 e. The number of ether oxygens (including phenoxy) is 1. The molecule has 0 spiro atoms. The molecule has 2 saturated heterocycles. The molecule has 0 saturated carbocycles. The third-order valence-corrected chi connectivity index (χ3v) is 4.23. The number of rotatable bonds is 3. The van der Waals surface area contributed by atoms with Gasteiger partial charge in [-0.25, -0.2) is 0 Å². The smallest absolute Gasteiger partial charge is 0.0915 e. The van der Waals surface area contributed by atoms with Crippen molar-refractivity contribution in [2.75, 3.05) is 0 Å². The lowest BCUT2D eigenvalue weighted by Crippen LogP contribution is -2.33.